The van der Waals surface area contributed by atoms with Gasteiger partial charge < -0.3 is 9.84 Å². The topological polar surface area (TPSA) is 79.2 Å². The molecule has 0 fully saturated rings. The average molecular weight is 350 g/mol. The molecule has 3 rings (SSSR count). The predicted octanol–water partition coefficient (Wildman–Crippen LogP) is 3.26. The molecule has 0 radical (unpaired) electrons. The van der Waals surface area contributed by atoms with Crippen LogP contribution < -0.4 is 9.75 Å². The number of amides is 1. The smallest absolute Gasteiger partial charge is 0.341 e. The van der Waals surface area contributed by atoms with Crippen molar-refractivity contribution in [3.05, 3.63) is 65.2 Å². The number of nitrogens with zero attached hydrogens (tertiary/aromatic N) is 2. The Balaban J connectivity index is 1.91. The Morgan fingerprint density at radius 2 is 1.85 bits per heavy atom. The fourth-order valence-corrected chi connectivity index (χ4v) is 2.57. The molecule has 0 unspecified atom stereocenters. The summed E-state index contributed by atoms with van der Waals surface area (Å²) in [5.41, 5.74) is 3.44. The molecule has 1 amide bonds. The van der Waals surface area contributed by atoms with Gasteiger partial charge in [0.2, 0.25) is 0 Å². The molecule has 0 atom stereocenters. The van der Waals surface area contributed by atoms with Crippen LogP contribution in [0.3, 0.4) is 0 Å². The van der Waals surface area contributed by atoms with Crippen LogP contribution in [0.1, 0.15) is 18.1 Å². The van der Waals surface area contributed by atoms with E-state index in [1.54, 1.807) is 37.3 Å². The standard InChI is InChI=1S/C20H18N2O4/c1-13-7-9-16(10-8-13)22-20(25)17(14(2)21-22)11-15-5-3-4-6-18(15)26-12-19(23)24/h3-11H,12H2,1-2H3,(H,23,24)/b17-11-. The number of aryl methyl sites for hydroxylation is 1. The Morgan fingerprint density at radius 3 is 2.54 bits per heavy atom. The zero-order chi connectivity index (χ0) is 18.7. The molecule has 0 aliphatic carbocycles. The van der Waals surface area contributed by atoms with Crippen molar-refractivity contribution in [1.82, 2.24) is 0 Å². The summed E-state index contributed by atoms with van der Waals surface area (Å²) in [5, 5.41) is 14.5. The van der Waals surface area contributed by atoms with Crippen molar-refractivity contribution in [2.45, 2.75) is 13.8 Å². The van der Waals surface area contributed by atoms with Crippen LogP contribution >= 0.6 is 0 Å². The van der Waals surface area contributed by atoms with Gasteiger partial charge in [-0.05, 0) is 38.1 Å². The van der Waals surface area contributed by atoms with Gasteiger partial charge in [0.15, 0.2) is 6.61 Å². The van der Waals surface area contributed by atoms with E-state index >= 15 is 0 Å². The molecule has 2 aromatic rings. The van der Waals surface area contributed by atoms with Crippen LogP contribution in [-0.4, -0.2) is 29.3 Å². The van der Waals surface area contributed by atoms with Crippen LogP contribution in [-0.2, 0) is 9.59 Å². The first-order valence-corrected chi connectivity index (χ1v) is 8.08. The number of hydrazone groups is 1. The summed E-state index contributed by atoms with van der Waals surface area (Å²) >= 11 is 0. The fourth-order valence-electron chi connectivity index (χ4n) is 2.57. The summed E-state index contributed by atoms with van der Waals surface area (Å²) in [7, 11) is 0. The lowest BCUT2D eigenvalue weighted by atomic mass is 10.1. The fraction of sp³-hybridized carbons (Fsp3) is 0.150. The Labute approximate surface area is 151 Å². The number of carboxylic acid groups (broad SMARTS) is 1. The van der Waals surface area contributed by atoms with E-state index in [1.807, 2.05) is 31.2 Å². The molecule has 132 valence electrons. The van der Waals surface area contributed by atoms with Gasteiger partial charge in [0.05, 0.1) is 17.0 Å². The summed E-state index contributed by atoms with van der Waals surface area (Å²) in [6.45, 7) is 3.29. The van der Waals surface area contributed by atoms with E-state index in [1.165, 1.54) is 5.01 Å². The van der Waals surface area contributed by atoms with Gasteiger partial charge in [-0.2, -0.15) is 10.1 Å². The molecule has 1 aliphatic heterocycles. The number of rotatable bonds is 5. The molecule has 0 saturated carbocycles. The van der Waals surface area contributed by atoms with E-state index in [0.717, 1.165) is 5.56 Å². The maximum atomic E-state index is 12.8. The molecule has 1 N–H and O–H groups in total. The van der Waals surface area contributed by atoms with Gasteiger partial charge in [-0.15, -0.1) is 0 Å². The van der Waals surface area contributed by atoms with E-state index < -0.39 is 12.6 Å². The van der Waals surface area contributed by atoms with Gasteiger partial charge in [-0.1, -0.05) is 35.9 Å². The second kappa shape index (κ2) is 7.23. The lowest BCUT2D eigenvalue weighted by Crippen LogP contribution is -2.21. The number of hydrogen-bond donors (Lipinski definition) is 1. The molecular weight excluding hydrogens is 332 g/mol. The van der Waals surface area contributed by atoms with Crippen molar-refractivity contribution >= 4 is 29.4 Å². The first-order valence-electron chi connectivity index (χ1n) is 8.08. The van der Waals surface area contributed by atoms with E-state index in [4.69, 9.17) is 9.84 Å². The number of carbonyl (C=O) groups is 2. The predicted molar refractivity (Wildman–Crippen MR) is 99.3 cm³/mol. The highest BCUT2D eigenvalue weighted by Gasteiger charge is 2.28. The van der Waals surface area contributed by atoms with E-state index in [0.29, 0.717) is 28.3 Å². The van der Waals surface area contributed by atoms with Crippen molar-refractivity contribution < 1.29 is 19.4 Å². The van der Waals surface area contributed by atoms with Crippen molar-refractivity contribution in [3.8, 4) is 5.75 Å². The molecule has 1 heterocycles. The van der Waals surface area contributed by atoms with Crippen molar-refractivity contribution in [2.24, 2.45) is 5.10 Å². The van der Waals surface area contributed by atoms with E-state index in [9.17, 15) is 9.59 Å². The SMILES string of the molecule is CC1=NN(c2ccc(C)cc2)C(=O)/C1=C\c1ccccc1OCC(=O)O. The van der Waals surface area contributed by atoms with Gasteiger partial charge >= 0.3 is 5.97 Å². The Bertz CT molecular complexity index is 914. The molecule has 26 heavy (non-hydrogen) atoms. The Hall–Kier alpha value is -3.41. The second-order valence-corrected chi connectivity index (χ2v) is 5.92. The number of aliphatic carboxylic acids is 1. The normalized spacial score (nSPS) is 15.3. The molecule has 6 nitrogen and oxygen atoms in total. The average Bonchev–Trinajstić information content (AvgIpc) is 2.90. The van der Waals surface area contributed by atoms with Crippen LogP contribution in [0.5, 0.6) is 5.75 Å². The van der Waals surface area contributed by atoms with E-state index in [2.05, 4.69) is 5.10 Å². The number of ether oxygens (including phenoxy) is 1. The zero-order valence-corrected chi connectivity index (χ0v) is 14.5. The second-order valence-electron chi connectivity index (χ2n) is 5.92. The molecule has 2 aromatic carbocycles. The quantitative estimate of drug-likeness (QED) is 0.840. The van der Waals surface area contributed by atoms with Gasteiger partial charge in [0.1, 0.15) is 5.75 Å². The molecule has 0 bridgehead atoms. The van der Waals surface area contributed by atoms with Crippen LogP contribution in [0.15, 0.2) is 59.2 Å². The maximum Gasteiger partial charge on any atom is 0.341 e. The van der Waals surface area contributed by atoms with Crippen LogP contribution in [0.2, 0.25) is 0 Å². The number of carboxylic acids is 1. The summed E-state index contributed by atoms with van der Waals surface area (Å²) in [4.78, 5) is 23.5. The minimum Gasteiger partial charge on any atom is -0.481 e. The van der Waals surface area contributed by atoms with Gasteiger partial charge in [-0.3, -0.25) is 4.79 Å². The maximum absolute atomic E-state index is 12.8. The van der Waals surface area contributed by atoms with Crippen molar-refractivity contribution in [3.63, 3.8) is 0 Å². The summed E-state index contributed by atoms with van der Waals surface area (Å²) < 4.78 is 5.30. The number of benzene rings is 2. The summed E-state index contributed by atoms with van der Waals surface area (Å²) in [6.07, 6.45) is 1.67. The molecule has 0 aromatic heterocycles. The van der Waals surface area contributed by atoms with Crippen LogP contribution in [0, 0.1) is 6.92 Å². The number of hydrogen-bond acceptors (Lipinski definition) is 4. The molecule has 0 spiro atoms. The number of carbonyl (C=O) groups excluding carboxylic acids is 1. The highest BCUT2D eigenvalue weighted by atomic mass is 16.5. The van der Waals surface area contributed by atoms with Crippen LogP contribution in [0.25, 0.3) is 6.08 Å². The van der Waals surface area contributed by atoms with Gasteiger partial charge in [0, 0.05) is 5.56 Å². The third-order valence-corrected chi connectivity index (χ3v) is 3.91. The minimum absolute atomic E-state index is 0.237. The first kappa shape index (κ1) is 17.4. The highest BCUT2D eigenvalue weighted by molar-refractivity contribution is 6.32. The highest BCUT2D eigenvalue weighted by Crippen LogP contribution is 2.27. The van der Waals surface area contributed by atoms with Crippen molar-refractivity contribution in [2.75, 3.05) is 11.6 Å². The molecule has 6 heteroatoms. The van der Waals surface area contributed by atoms with Gasteiger partial charge in [-0.25, -0.2) is 4.79 Å². The zero-order valence-electron chi connectivity index (χ0n) is 14.5. The lowest BCUT2D eigenvalue weighted by molar-refractivity contribution is -0.139. The van der Waals surface area contributed by atoms with Crippen LogP contribution in [0.4, 0.5) is 5.69 Å². The number of para-hydroxylation sites is 1. The molecule has 0 saturated heterocycles. The largest absolute Gasteiger partial charge is 0.481 e. The van der Waals surface area contributed by atoms with Gasteiger partial charge in [0.25, 0.3) is 5.91 Å². The molecule has 1 aliphatic rings. The number of anilines is 1. The lowest BCUT2D eigenvalue weighted by Gasteiger charge is -2.12. The Morgan fingerprint density at radius 1 is 1.15 bits per heavy atom. The summed E-state index contributed by atoms with van der Waals surface area (Å²) in [5.74, 6) is -0.899. The molecular formula is C20H18N2O4. The summed E-state index contributed by atoms with van der Waals surface area (Å²) in [6, 6.07) is 14.5. The third-order valence-electron chi connectivity index (χ3n) is 3.91. The minimum atomic E-state index is -1.06. The van der Waals surface area contributed by atoms with Crippen molar-refractivity contribution in [1.29, 1.82) is 0 Å². The monoisotopic (exact) mass is 350 g/mol. The third kappa shape index (κ3) is 3.64. The van der Waals surface area contributed by atoms with E-state index in [-0.39, 0.29) is 5.91 Å². The first-order chi connectivity index (χ1) is 12.5. The Kier molecular flexibility index (Phi) is 4.84.